The number of carbonyl (C=O) groups excluding carboxylic acids is 1. The van der Waals surface area contributed by atoms with Gasteiger partial charge in [-0.2, -0.15) is 0 Å². The Bertz CT molecular complexity index is 618. The number of hydrogen-bond donors (Lipinski definition) is 2. The quantitative estimate of drug-likeness (QED) is 0.859. The fraction of sp³-hybridized carbons (Fsp3) is 0.316. The Morgan fingerprint density at radius 2 is 1.68 bits per heavy atom. The van der Waals surface area contributed by atoms with Gasteiger partial charge in [0.15, 0.2) is 0 Å². The molecule has 3 rings (SSSR count). The molecular formula is C19H21NO2. The standard InChI is InChI=1S/C19H21NO2/c21-13-12-18(16-8-9-16)20-19(22)17-10-6-15(7-11-17)14-4-2-1-3-5-14/h1-7,10-11,16,18,21H,8-9,12-13H2,(H,20,22). The van der Waals surface area contributed by atoms with E-state index in [4.69, 9.17) is 5.11 Å². The van der Waals surface area contributed by atoms with Crippen LogP contribution >= 0.6 is 0 Å². The minimum absolute atomic E-state index is 0.0510. The molecule has 0 aliphatic heterocycles. The van der Waals surface area contributed by atoms with Gasteiger partial charge in [-0.25, -0.2) is 0 Å². The molecule has 1 saturated carbocycles. The second kappa shape index (κ2) is 6.75. The van der Waals surface area contributed by atoms with Crippen molar-refractivity contribution >= 4 is 5.91 Å². The number of nitrogens with one attached hydrogen (secondary N) is 1. The molecule has 114 valence electrons. The van der Waals surface area contributed by atoms with Gasteiger partial charge in [0.2, 0.25) is 0 Å². The summed E-state index contributed by atoms with van der Waals surface area (Å²) in [6.07, 6.45) is 2.94. The van der Waals surface area contributed by atoms with Crippen molar-refractivity contribution in [1.29, 1.82) is 0 Å². The molecule has 1 aliphatic carbocycles. The molecular weight excluding hydrogens is 274 g/mol. The third kappa shape index (κ3) is 3.55. The smallest absolute Gasteiger partial charge is 0.251 e. The average molecular weight is 295 g/mol. The number of carbonyl (C=O) groups is 1. The van der Waals surface area contributed by atoms with Gasteiger partial charge in [-0.05, 0) is 48.4 Å². The summed E-state index contributed by atoms with van der Waals surface area (Å²) in [5.74, 6) is 0.490. The lowest BCUT2D eigenvalue weighted by Crippen LogP contribution is -2.37. The highest BCUT2D eigenvalue weighted by Crippen LogP contribution is 2.34. The van der Waals surface area contributed by atoms with E-state index in [1.165, 1.54) is 0 Å². The number of rotatable bonds is 6. The SMILES string of the molecule is O=C(NC(CCO)C1CC1)c1ccc(-c2ccccc2)cc1. The molecule has 1 amide bonds. The highest BCUT2D eigenvalue weighted by Gasteiger charge is 2.31. The van der Waals surface area contributed by atoms with Crippen molar-refractivity contribution in [3.05, 3.63) is 60.2 Å². The molecule has 2 aromatic rings. The van der Waals surface area contributed by atoms with Crippen LogP contribution in [0.2, 0.25) is 0 Å². The van der Waals surface area contributed by atoms with Crippen molar-refractivity contribution in [3.8, 4) is 11.1 Å². The first-order valence-electron chi connectivity index (χ1n) is 7.85. The maximum Gasteiger partial charge on any atom is 0.251 e. The lowest BCUT2D eigenvalue weighted by molar-refractivity contribution is 0.0924. The van der Waals surface area contributed by atoms with Gasteiger partial charge in [0, 0.05) is 18.2 Å². The van der Waals surface area contributed by atoms with Gasteiger partial charge in [0.25, 0.3) is 5.91 Å². The van der Waals surface area contributed by atoms with Crippen molar-refractivity contribution in [3.63, 3.8) is 0 Å². The van der Waals surface area contributed by atoms with E-state index >= 15 is 0 Å². The second-order valence-electron chi connectivity index (χ2n) is 5.87. The van der Waals surface area contributed by atoms with Crippen molar-refractivity contribution in [1.82, 2.24) is 5.32 Å². The molecule has 2 N–H and O–H groups in total. The number of aliphatic hydroxyl groups excluding tert-OH is 1. The van der Waals surface area contributed by atoms with Gasteiger partial charge < -0.3 is 10.4 Å². The molecule has 0 bridgehead atoms. The van der Waals surface area contributed by atoms with Crippen LogP contribution in [0.3, 0.4) is 0 Å². The van der Waals surface area contributed by atoms with Crippen molar-refractivity contribution in [2.24, 2.45) is 5.92 Å². The number of amides is 1. The summed E-state index contributed by atoms with van der Waals surface area (Å²) in [7, 11) is 0. The van der Waals surface area contributed by atoms with Crippen LogP contribution in [0.1, 0.15) is 29.6 Å². The molecule has 0 heterocycles. The van der Waals surface area contributed by atoms with E-state index < -0.39 is 0 Å². The molecule has 1 atom stereocenters. The van der Waals surface area contributed by atoms with Crippen molar-refractivity contribution in [2.75, 3.05) is 6.61 Å². The zero-order valence-corrected chi connectivity index (χ0v) is 12.5. The normalized spacial score (nSPS) is 15.3. The summed E-state index contributed by atoms with van der Waals surface area (Å²) in [6.45, 7) is 0.119. The topological polar surface area (TPSA) is 49.3 Å². The zero-order chi connectivity index (χ0) is 15.4. The van der Waals surface area contributed by atoms with Gasteiger partial charge in [0.1, 0.15) is 0 Å². The van der Waals surface area contributed by atoms with E-state index in [-0.39, 0.29) is 18.6 Å². The molecule has 1 aliphatic rings. The van der Waals surface area contributed by atoms with E-state index in [1.54, 1.807) is 0 Å². The number of hydrogen-bond acceptors (Lipinski definition) is 2. The Kier molecular flexibility index (Phi) is 4.54. The van der Waals surface area contributed by atoms with Crippen LogP contribution in [0.25, 0.3) is 11.1 Å². The zero-order valence-electron chi connectivity index (χ0n) is 12.5. The summed E-state index contributed by atoms with van der Waals surface area (Å²) in [6, 6.07) is 17.9. The Hall–Kier alpha value is -2.13. The van der Waals surface area contributed by atoms with Crippen molar-refractivity contribution in [2.45, 2.75) is 25.3 Å². The molecule has 3 nitrogen and oxygen atoms in total. The van der Waals surface area contributed by atoms with Crippen LogP contribution in [-0.2, 0) is 0 Å². The van der Waals surface area contributed by atoms with Crippen LogP contribution in [-0.4, -0.2) is 23.7 Å². The van der Waals surface area contributed by atoms with E-state index in [9.17, 15) is 4.79 Å². The first-order valence-corrected chi connectivity index (χ1v) is 7.85. The number of aliphatic hydroxyl groups is 1. The Morgan fingerprint density at radius 3 is 2.27 bits per heavy atom. The Morgan fingerprint density at radius 1 is 1.05 bits per heavy atom. The lowest BCUT2D eigenvalue weighted by atomic mass is 10.0. The highest BCUT2D eigenvalue weighted by atomic mass is 16.3. The molecule has 0 saturated heterocycles. The van der Waals surface area contributed by atoms with Gasteiger partial charge in [-0.15, -0.1) is 0 Å². The molecule has 2 aromatic carbocycles. The molecule has 0 spiro atoms. The van der Waals surface area contributed by atoms with Crippen LogP contribution in [0.15, 0.2) is 54.6 Å². The largest absolute Gasteiger partial charge is 0.396 e. The van der Waals surface area contributed by atoms with Crippen LogP contribution in [0.4, 0.5) is 0 Å². The van der Waals surface area contributed by atoms with Gasteiger partial charge >= 0.3 is 0 Å². The summed E-state index contributed by atoms with van der Waals surface area (Å²) in [4.78, 5) is 12.3. The first-order chi connectivity index (χ1) is 10.8. The van der Waals surface area contributed by atoms with E-state index in [2.05, 4.69) is 17.4 Å². The third-order valence-electron chi connectivity index (χ3n) is 4.20. The maximum absolute atomic E-state index is 12.3. The fourth-order valence-electron chi connectivity index (χ4n) is 2.76. The van der Waals surface area contributed by atoms with Crippen LogP contribution in [0.5, 0.6) is 0 Å². The highest BCUT2D eigenvalue weighted by molar-refractivity contribution is 5.94. The Labute approximate surface area is 131 Å². The van der Waals surface area contributed by atoms with E-state index in [1.807, 2.05) is 42.5 Å². The third-order valence-corrected chi connectivity index (χ3v) is 4.20. The summed E-state index contributed by atoms with van der Waals surface area (Å²) in [5, 5.41) is 12.2. The molecule has 0 aromatic heterocycles. The monoisotopic (exact) mass is 295 g/mol. The van der Waals surface area contributed by atoms with Gasteiger partial charge in [-0.1, -0.05) is 42.5 Å². The van der Waals surface area contributed by atoms with Gasteiger partial charge in [0.05, 0.1) is 0 Å². The number of benzene rings is 2. The van der Waals surface area contributed by atoms with Crippen LogP contribution < -0.4 is 5.32 Å². The fourth-order valence-corrected chi connectivity index (χ4v) is 2.76. The minimum Gasteiger partial charge on any atom is -0.396 e. The Balaban J connectivity index is 1.68. The van der Waals surface area contributed by atoms with Crippen LogP contribution in [0, 0.1) is 5.92 Å². The second-order valence-corrected chi connectivity index (χ2v) is 5.87. The maximum atomic E-state index is 12.3. The molecule has 3 heteroatoms. The summed E-state index contributed by atoms with van der Waals surface area (Å²) >= 11 is 0. The van der Waals surface area contributed by atoms with Crippen molar-refractivity contribution < 1.29 is 9.90 Å². The predicted molar refractivity (Wildman–Crippen MR) is 87.6 cm³/mol. The lowest BCUT2D eigenvalue weighted by Gasteiger charge is -2.17. The molecule has 0 radical (unpaired) electrons. The van der Waals surface area contributed by atoms with Gasteiger partial charge in [-0.3, -0.25) is 4.79 Å². The first kappa shape index (κ1) is 14.8. The minimum atomic E-state index is -0.0510. The molecule has 22 heavy (non-hydrogen) atoms. The predicted octanol–water partition coefficient (Wildman–Crippen LogP) is 3.24. The summed E-state index contributed by atoms with van der Waals surface area (Å²) in [5.41, 5.74) is 2.92. The summed E-state index contributed by atoms with van der Waals surface area (Å²) < 4.78 is 0. The van der Waals surface area contributed by atoms with E-state index in [0.29, 0.717) is 17.9 Å². The molecule has 1 unspecified atom stereocenters. The average Bonchev–Trinajstić information content (AvgIpc) is 3.40. The van der Waals surface area contributed by atoms with E-state index in [0.717, 1.165) is 24.0 Å². The molecule has 1 fully saturated rings.